The van der Waals surface area contributed by atoms with Crippen molar-refractivity contribution >= 4 is 47.0 Å². The molecule has 2 aromatic carbocycles. The molecule has 2 rings (SSSR count). The summed E-state index contributed by atoms with van der Waals surface area (Å²) < 4.78 is 0. The van der Waals surface area contributed by atoms with Gasteiger partial charge in [0, 0.05) is 23.1 Å². The van der Waals surface area contributed by atoms with Crippen LogP contribution in [0.4, 0.5) is 0 Å². The van der Waals surface area contributed by atoms with Gasteiger partial charge in [-0.15, -0.1) is 0 Å². The summed E-state index contributed by atoms with van der Waals surface area (Å²) >= 11 is 11.9. The standard InChI is InChI=1S/C22H24Cl2N4/c1-3-25-22(26-4-2)28-27-21(15-9-17-5-11-19(23)12-6-17)16-10-18-7-13-20(24)14-8-18/h5-16H,3-4H2,1-2H3,(H2,25,26,28)/b15-9+,16-10+. The molecule has 0 fully saturated rings. The summed E-state index contributed by atoms with van der Waals surface area (Å²) in [5, 5.41) is 9.05. The van der Waals surface area contributed by atoms with Crippen LogP contribution in [-0.2, 0) is 0 Å². The fraction of sp³-hybridized carbons (Fsp3) is 0.182. The highest BCUT2D eigenvalue weighted by Crippen LogP contribution is 2.12. The number of guanidine groups is 1. The van der Waals surface area contributed by atoms with Crippen molar-refractivity contribution in [2.45, 2.75) is 13.8 Å². The van der Waals surface area contributed by atoms with Gasteiger partial charge in [-0.05, 0) is 61.4 Å². The molecule has 0 unspecified atom stereocenters. The third-order valence-electron chi connectivity index (χ3n) is 3.58. The second kappa shape index (κ2) is 12.0. The lowest BCUT2D eigenvalue weighted by Gasteiger charge is -2.07. The van der Waals surface area contributed by atoms with Crippen molar-refractivity contribution in [1.82, 2.24) is 10.7 Å². The summed E-state index contributed by atoms with van der Waals surface area (Å²) in [6.45, 7) is 5.42. The van der Waals surface area contributed by atoms with Gasteiger partial charge in [0.25, 0.3) is 0 Å². The molecule has 0 amide bonds. The van der Waals surface area contributed by atoms with E-state index in [0.717, 1.165) is 23.4 Å². The van der Waals surface area contributed by atoms with Gasteiger partial charge in [-0.1, -0.05) is 59.6 Å². The molecule has 0 aromatic heterocycles. The molecule has 0 saturated heterocycles. The van der Waals surface area contributed by atoms with E-state index in [1.165, 1.54) is 0 Å². The largest absolute Gasteiger partial charge is 0.355 e. The molecule has 28 heavy (non-hydrogen) atoms. The van der Waals surface area contributed by atoms with Crippen molar-refractivity contribution in [2.24, 2.45) is 10.1 Å². The minimum absolute atomic E-state index is 0.641. The molecule has 2 N–H and O–H groups in total. The van der Waals surface area contributed by atoms with Gasteiger partial charge < -0.3 is 5.32 Å². The van der Waals surface area contributed by atoms with Crippen LogP contribution in [0, 0.1) is 0 Å². The van der Waals surface area contributed by atoms with Crippen LogP contribution in [0.5, 0.6) is 0 Å². The number of rotatable bonds is 7. The van der Waals surface area contributed by atoms with Crippen molar-refractivity contribution in [1.29, 1.82) is 0 Å². The predicted molar refractivity (Wildman–Crippen MR) is 123 cm³/mol. The number of aliphatic imine (C=N–C) groups is 1. The Morgan fingerprint density at radius 2 is 1.36 bits per heavy atom. The van der Waals surface area contributed by atoms with Crippen molar-refractivity contribution < 1.29 is 0 Å². The molecular weight excluding hydrogens is 391 g/mol. The van der Waals surface area contributed by atoms with Gasteiger partial charge in [-0.3, -0.25) is 4.99 Å². The van der Waals surface area contributed by atoms with Crippen molar-refractivity contribution in [3.63, 3.8) is 0 Å². The average Bonchev–Trinajstić information content (AvgIpc) is 2.70. The topological polar surface area (TPSA) is 48.8 Å². The van der Waals surface area contributed by atoms with Crippen molar-refractivity contribution in [3.05, 3.63) is 81.9 Å². The van der Waals surface area contributed by atoms with Crippen LogP contribution in [0.1, 0.15) is 25.0 Å². The number of hydrazone groups is 1. The minimum Gasteiger partial charge on any atom is -0.355 e. The molecule has 0 atom stereocenters. The first-order chi connectivity index (χ1) is 13.6. The second-order valence-corrected chi connectivity index (χ2v) is 6.64. The predicted octanol–water partition coefficient (Wildman–Crippen LogP) is 5.65. The molecule has 0 saturated carbocycles. The number of allylic oxidation sites excluding steroid dienone is 2. The van der Waals surface area contributed by atoms with Gasteiger partial charge >= 0.3 is 0 Å². The van der Waals surface area contributed by atoms with Crippen molar-refractivity contribution in [2.75, 3.05) is 13.1 Å². The molecular formula is C22H24Cl2N4. The van der Waals surface area contributed by atoms with Crippen LogP contribution in [0.25, 0.3) is 12.2 Å². The first-order valence-corrected chi connectivity index (χ1v) is 9.85. The van der Waals surface area contributed by atoms with Gasteiger partial charge in [-0.2, -0.15) is 5.10 Å². The van der Waals surface area contributed by atoms with E-state index in [0.29, 0.717) is 22.5 Å². The lowest BCUT2D eigenvalue weighted by molar-refractivity contribution is 0.861. The zero-order valence-corrected chi connectivity index (χ0v) is 17.5. The van der Waals surface area contributed by atoms with Gasteiger partial charge in [-0.25, -0.2) is 5.43 Å². The van der Waals surface area contributed by atoms with Gasteiger partial charge in [0.05, 0.1) is 5.71 Å². The summed E-state index contributed by atoms with van der Waals surface area (Å²) in [7, 11) is 0. The molecule has 0 spiro atoms. The zero-order valence-electron chi connectivity index (χ0n) is 16.0. The summed E-state index contributed by atoms with van der Waals surface area (Å²) in [5.41, 5.74) is 5.80. The monoisotopic (exact) mass is 414 g/mol. The van der Waals surface area contributed by atoms with E-state index in [9.17, 15) is 0 Å². The van der Waals surface area contributed by atoms with Crippen LogP contribution in [0.2, 0.25) is 10.0 Å². The van der Waals surface area contributed by atoms with Crippen LogP contribution in [-0.4, -0.2) is 24.8 Å². The maximum Gasteiger partial charge on any atom is 0.212 e. The highest BCUT2D eigenvalue weighted by Gasteiger charge is 1.96. The summed E-state index contributed by atoms with van der Waals surface area (Å²) in [6.07, 6.45) is 7.82. The highest BCUT2D eigenvalue weighted by atomic mass is 35.5. The third-order valence-corrected chi connectivity index (χ3v) is 4.09. The maximum atomic E-state index is 5.95. The van der Waals surface area contributed by atoms with Crippen LogP contribution in [0.15, 0.2) is 70.8 Å². The quantitative estimate of drug-likeness (QED) is 0.349. The summed E-state index contributed by atoms with van der Waals surface area (Å²) in [5.74, 6) is 0.641. The molecule has 6 heteroatoms. The molecule has 0 radical (unpaired) electrons. The van der Waals surface area contributed by atoms with Crippen LogP contribution >= 0.6 is 23.2 Å². The smallest absolute Gasteiger partial charge is 0.212 e. The Morgan fingerprint density at radius 1 is 0.857 bits per heavy atom. The van der Waals surface area contributed by atoms with Crippen LogP contribution in [0.3, 0.4) is 0 Å². The Hall–Kier alpha value is -2.56. The lowest BCUT2D eigenvalue weighted by Crippen LogP contribution is -2.34. The molecule has 0 bridgehead atoms. The molecule has 0 aliphatic carbocycles. The molecule has 146 valence electrons. The fourth-order valence-corrected chi connectivity index (χ4v) is 2.47. The van der Waals surface area contributed by atoms with Crippen LogP contribution < -0.4 is 10.7 Å². The molecule has 2 aromatic rings. The Balaban J connectivity index is 2.22. The number of benzene rings is 2. The van der Waals surface area contributed by atoms with Crippen molar-refractivity contribution in [3.8, 4) is 0 Å². The molecule has 0 aliphatic heterocycles. The van der Waals surface area contributed by atoms with E-state index in [4.69, 9.17) is 23.2 Å². The maximum absolute atomic E-state index is 5.95. The van der Waals surface area contributed by atoms with Gasteiger partial charge in [0.2, 0.25) is 5.96 Å². The Bertz CT molecular complexity index is 794. The first kappa shape index (κ1) is 21.7. The van der Waals surface area contributed by atoms with E-state index in [-0.39, 0.29) is 0 Å². The first-order valence-electron chi connectivity index (χ1n) is 9.10. The Labute approximate surface area is 176 Å². The lowest BCUT2D eigenvalue weighted by atomic mass is 10.1. The van der Waals surface area contributed by atoms with E-state index >= 15 is 0 Å². The van der Waals surface area contributed by atoms with E-state index in [2.05, 4.69) is 20.8 Å². The fourth-order valence-electron chi connectivity index (χ4n) is 2.21. The summed E-state index contributed by atoms with van der Waals surface area (Å²) in [6, 6.07) is 15.2. The number of nitrogens with zero attached hydrogens (tertiary/aromatic N) is 2. The molecule has 4 nitrogen and oxygen atoms in total. The Kier molecular flexibility index (Phi) is 9.32. The highest BCUT2D eigenvalue weighted by molar-refractivity contribution is 6.30. The van der Waals surface area contributed by atoms with E-state index < -0.39 is 0 Å². The number of halogens is 2. The minimum atomic E-state index is 0.641. The summed E-state index contributed by atoms with van der Waals surface area (Å²) in [4.78, 5) is 4.35. The zero-order chi connectivity index (χ0) is 20.2. The van der Waals surface area contributed by atoms with E-state index in [1.807, 2.05) is 86.7 Å². The number of nitrogens with one attached hydrogen (secondary N) is 2. The third kappa shape index (κ3) is 7.99. The SMILES string of the molecule is CCN=C(NCC)NN=C(/C=C/c1ccc(Cl)cc1)/C=C/c1ccc(Cl)cc1. The van der Waals surface area contributed by atoms with Gasteiger partial charge in [0.1, 0.15) is 0 Å². The normalized spacial score (nSPS) is 11.8. The van der Waals surface area contributed by atoms with Gasteiger partial charge in [0.15, 0.2) is 0 Å². The Morgan fingerprint density at radius 3 is 1.79 bits per heavy atom. The molecule has 0 aliphatic rings. The van der Waals surface area contributed by atoms with E-state index in [1.54, 1.807) is 0 Å². The molecule has 0 heterocycles. The number of hydrogen-bond donors (Lipinski definition) is 2. The average molecular weight is 415 g/mol. The number of hydrogen-bond acceptors (Lipinski definition) is 2. The second-order valence-electron chi connectivity index (χ2n) is 5.77.